The van der Waals surface area contributed by atoms with Crippen molar-refractivity contribution in [2.75, 3.05) is 12.0 Å². The summed E-state index contributed by atoms with van der Waals surface area (Å²) in [7, 11) is 1.57. The number of anilines is 1. The van der Waals surface area contributed by atoms with E-state index in [0.29, 0.717) is 16.9 Å². The molecule has 0 aliphatic carbocycles. The van der Waals surface area contributed by atoms with Gasteiger partial charge >= 0.3 is 0 Å². The van der Waals surface area contributed by atoms with Gasteiger partial charge in [-0.3, -0.25) is 9.59 Å². The Balaban J connectivity index is 1.82. The number of nitrogens with zero attached hydrogens (tertiary/aromatic N) is 1. The number of H-pyrrole nitrogens is 1. The zero-order valence-electron chi connectivity index (χ0n) is 18.7. The number of para-hydroxylation sites is 1. The number of hydrogen-bond acceptors (Lipinski definition) is 3. The monoisotopic (exact) mass is 426 g/mol. The molecule has 1 heterocycles. The molecule has 3 aromatic carbocycles. The second kappa shape index (κ2) is 8.71. The first-order valence-corrected chi connectivity index (χ1v) is 10.5. The molecule has 1 aromatic heterocycles. The van der Waals surface area contributed by atoms with Gasteiger partial charge in [0, 0.05) is 16.8 Å². The van der Waals surface area contributed by atoms with Crippen molar-refractivity contribution >= 4 is 22.5 Å². The quantitative estimate of drug-likeness (QED) is 0.470. The molecule has 0 aliphatic rings. The third kappa shape index (κ3) is 4.14. The number of aryl methyl sites for hydroxylation is 3. The Bertz CT molecular complexity index is 1370. The van der Waals surface area contributed by atoms with Crippen LogP contribution in [0.15, 0.2) is 71.5 Å². The fourth-order valence-electron chi connectivity index (χ4n) is 4.00. The Kier molecular flexibility index (Phi) is 5.82. The molecule has 4 aromatic rings. The highest BCUT2D eigenvalue weighted by molar-refractivity contribution is 6.06. The van der Waals surface area contributed by atoms with Gasteiger partial charge in [0.15, 0.2) is 0 Å². The number of ether oxygens (including phenoxy) is 1. The average molecular weight is 427 g/mol. The summed E-state index contributed by atoms with van der Waals surface area (Å²) in [5.41, 5.74) is 5.50. The summed E-state index contributed by atoms with van der Waals surface area (Å²) in [6.07, 6.45) is 0. The van der Waals surface area contributed by atoms with Crippen LogP contribution in [0.5, 0.6) is 5.75 Å². The highest BCUT2D eigenvalue weighted by Gasteiger charge is 2.22. The Morgan fingerprint density at radius 2 is 1.72 bits per heavy atom. The van der Waals surface area contributed by atoms with Crippen molar-refractivity contribution in [1.82, 2.24) is 4.98 Å². The third-order valence-corrected chi connectivity index (χ3v) is 5.70. The third-order valence-electron chi connectivity index (χ3n) is 5.70. The lowest BCUT2D eigenvalue weighted by Gasteiger charge is -2.25. The van der Waals surface area contributed by atoms with Crippen molar-refractivity contribution in [3.05, 3.63) is 105 Å². The summed E-state index contributed by atoms with van der Waals surface area (Å²) in [6, 6.07) is 20.8. The predicted octanol–water partition coefficient (Wildman–Crippen LogP) is 5.31. The van der Waals surface area contributed by atoms with Crippen LogP contribution in [0.2, 0.25) is 0 Å². The second-order valence-electron chi connectivity index (χ2n) is 8.08. The number of carbonyl (C=O) groups excluding carboxylic acids is 1. The van der Waals surface area contributed by atoms with Crippen molar-refractivity contribution in [1.29, 1.82) is 0 Å². The van der Waals surface area contributed by atoms with Crippen molar-refractivity contribution in [2.24, 2.45) is 0 Å². The van der Waals surface area contributed by atoms with Crippen LogP contribution in [0.3, 0.4) is 0 Å². The SMILES string of the molecule is COc1cccc(C(=O)N(Cc2cc3cccc(C)c3[nH]c2=O)c2ccc(C)cc2C)c1. The van der Waals surface area contributed by atoms with E-state index in [1.807, 2.05) is 63.2 Å². The number of pyridine rings is 1. The summed E-state index contributed by atoms with van der Waals surface area (Å²) >= 11 is 0. The summed E-state index contributed by atoms with van der Waals surface area (Å²) in [5.74, 6) is 0.412. The van der Waals surface area contributed by atoms with Crippen LogP contribution in [0.1, 0.15) is 32.6 Å². The van der Waals surface area contributed by atoms with Crippen molar-refractivity contribution < 1.29 is 9.53 Å². The van der Waals surface area contributed by atoms with E-state index in [-0.39, 0.29) is 18.0 Å². The normalized spacial score (nSPS) is 10.9. The van der Waals surface area contributed by atoms with Crippen LogP contribution in [0.25, 0.3) is 10.9 Å². The Labute approximate surface area is 187 Å². The number of fused-ring (bicyclic) bond motifs is 1. The maximum atomic E-state index is 13.6. The Hall–Kier alpha value is -3.86. The van der Waals surface area contributed by atoms with Crippen LogP contribution < -0.4 is 15.2 Å². The summed E-state index contributed by atoms with van der Waals surface area (Å²) < 4.78 is 5.30. The van der Waals surface area contributed by atoms with Gasteiger partial charge in [0.05, 0.1) is 19.2 Å². The average Bonchev–Trinajstić information content (AvgIpc) is 2.78. The van der Waals surface area contributed by atoms with Crippen LogP contribution in [-0.4, -0.2) is 18.0 Å². The number of benzene rings is 3. The van der Waals surface area contributed by atoms with E-state index in [1.54, 1.807) is 36.3 Å². The highest BCUT2D eigenvalue weighted by atomic mass is 16.5. The fraction of sp³-hybridized carbons (Fsp3) is 0.185. The first-order valence-electron chi connectivity index (χ1n) is 10.5. The zero-order valence-corrected chi connectivity index (χ0v) is 18.7. The summed E-state index contributed by atoms with van der Waals surface area (Å²) in [4.78, 5) is 31.2. The molecule has 0 atom stereocenters. The molecule has 5 nitrogen and oxygen atoms in total. The molecule has 0 unspecified atom stereocenters. The first kappa shape index (κ1) is 21.4. The summed E-state index contributed by atoms with van der Waals surface area (Å²) in [6.45, 7) is 6.11. The minimum atomic E-state index is -0.195. The Morgan fingerprint density at radius 1 is 0.938 bits per heavy atom. The van der Waals surface area contributed by atoms with Gasteiger partial charge < -0.3 is 14.6 Å². The lowest BCUT2D eigenvalue weighted by atomic mass is 10.1. The molecular weight excluding hydrogens is 400 g/mol. The number of methoxy groups -OCH3 is 1. The molecule has 1 N–H and O–H groups in total. The number of nitrogens with one attached hydrogen (secondary N) is 1. The van der Waals surface area contributed by atoms with Gasteiger partial charge in [-0.05, 0) is 67.6 Å². The second-order valence-corrected chi connectivity index (χ2v) is 8.08. The highest BCUT2D eigenvalue weighted by Crippen LogP contribution is 2.26. The van der Waals surface area contributed by atoms with Gasteiger partial charge in [-0.2, -0.15) is 0 Å². The lowest BCUT2D eigenvalue weighted by Crippen LogP contribution is -2.33. The number of amides is 1. The van der Waals surface area contributed by atoms with Crippen molar-refractivity contribution in [3.8, 4) is 5.75 Å². The molecule has 0 radical (unpaired) electrons. The molecule has 0 spiro atoms. The molecule has 1 amide bonds. The number of carbonyl (C=O) groups is 1. The first-order chi connectivity index (χ1) is 15.4. The molecule has 4 rings (SSSR count). The van der Waals surface area contributed by atoms with Gasteiger partial charge in [0.25, 0.3) is 11.5 Å². The van der Waals surface area contributed by atoms with Gasteiger partial charge in [0.1, 0.15) is 5.75 Å². The van der Waals surface area contributed by atoms with Gasteiger partial charge in [-0.1, -0.05) is 42.0 Å². The number of hydrogen-bond donors (Lipinski definition) is 1. The van der Waals surface area contributed by atoms with Crippen molar-refractivity contribution in [3.63, 3.8) is 0 Å². The van der Waals surface area contributed by atoms with E-state index in [4.69, 9.17) is 4.74 Å². The predicted molar refractivity (Wildman–Crippen MR) is 129 cm³/mol. The van der Waals surface area contributed by atoms with Crippen LogP contribution >= 0.6 is 0 Å². The maximum Gasteiger partial charge on any atom is 0.258 e. The summed E-state index contributed by atoms with van der Waals surface area (Å²) in [5, 5.41) is 0.939. The van der Waals surface area contributed by atoms with Gasteiger partial charge in [0.2, 0.25) is 0 Å². The number of aromatic nitrogens is 1. The van der Waals surface area contributed by atoms with Crippen LogP contribution in [0, 0.1) is 20.8 Å². The largest absolute Gasteiger partial charge is 0.497 e. The van der Waals surface area contributed by atoms with E-state index in [0.717, 1.165) is 33.3 Å². The van der Waals surface area contributed by atoms with Crippen LogP contribution in [-0.2, 0) is 6.54 Å². The lowest BCUT2D eigenvalue weighted by molar-refractivity contribution is 0.0984. The van der Waals surface area contributed by atoms with E-state index in [9.17, 15) is 9.59 Å². The zero-order chi connectivity index (χ0) is 22.8. The fourth-order valence-corrected chi connectivity index (χ4v) is 4.00. The molecule has 0 bridgehead atoms. The molecule has 162 valence electrons. The number of aromatic amines is 1. The van der Waals surface area contributed by atoms with E-state index in [2.05, 4.69) is 4.98 Å². The van der Waals surface area contributed by atoms with Crippen LogP contribution in [0.4, 0.5) is 5.69 Å². The maximum absolute atomic E-state index is 13.6. The topological polar surface area (TPSA) is 62.4 Å². The smallest absolute Gasteiger partial charge is 0.258 e. The van der Waals surface area contributed by atoms with E-state index >= 15 is 0 Å². The Morgan fingerprint density at radius 3 is 2.47 bits per heavy atom. The van der Waals surface area contributed by atoms with Gasteiger partial charge in [-0.15, -0.1) is 0 Å². The van der Waals surface area contributed by atoms with E-state index < -0.39 is 0 Å². The molecular formula is C27H26N2O3. The minimum Gasteiger partial charge on any atom is -0.497 e. The van der Waals surface area contributed by atoms with Gasteiger partial charge in [-0.25, -0.2) is 0 Å². The minimum absolute atomic E-state index is 0.152. The van der Waals surface area contributed by atoms with E-state index in [1.165, 1.54) is 0 Å². The molecule has 5 heteroatoms. The van der Waals surface area contributed by atoms with Crippen molar-refractivity contribution in [2.45, 2.75) is 27.3 Å². The molecule has 32 heavy (non-hydrogen) atoms. The number of rotatable bonds is 5. The molecule has 0 aliphatic heterocycles. The standard InChI is InChI=1S/C27H26N2O3/c1-17-11-12-24(19(3)13-17)29(27(31)21-9-6-10-23(15-21)32-4)16-22-14-20-8-5-7-18(2)25(20)28-26(22)30/h5-15H,16H2,1-4H3,(H,28,30). The molecule has 0 saturated heterocycles. The molecule has 0 fully saturated rings. The molecule has 0 saturated carbocycles.